The Kier molecular flexibility index (Phi) is 5.50. The van der Waals surface area contributed by atoms with Crippen molar-refractivity contribution < 1.29 is 0 Å². The summed E-state index contributed by atoms with van der Waals surface area (Å²) in [6.45, 7) is 8.84. The Hall–Kier alpha value is -0.0800. The van der Waals surface area contributed by atoms with E-state index in [0.717, 1.165) is 23.8 Å². The number of piperidine rings is 1. The van der Waals surface area contributed by atoms with Crippen LogP contribution in [-0.4, -0.2) is 37.6 Å². The lowest BCUT2D eigenvalue weighted by molar-refractivity contribution is 0.110. The summed E-state index contributed by atoms with van der Waals surface area (Å²) in [5.41, 5.74) is 0. The largest absolute Gasteiger partial charge is 0.317 e. The average molecular weight is 252 g/mol. The SMILES string of the molecule is CNC1CCCCCC1CN1CC(C)CC(C)C1. The fraction of sp³-hybridized carbons (Fsp3) is 1.00. The first-order valence-corrected chi connectivity index (χ1v) is 8.08. The third-order valence-electron chi connectivity index (χ3n) is 4.97. The molecule has 0 amide bonds. The van der Waals surface area contributed by atoms with Crippen LogP contribution >= 0.6 is 0 Å². The van der Waals surface area contributed by atoms with E-state index in [1.54, 1.807) is 0 Å². The minimum atomic E-state index is 0.764. The molecule has 2 rings (SSSR count). The van der Waals surface area contributed by atoms with E-state index >= 15 is 0 Å². The number of nitrogens with zero attached hydrogens (tertiary/aromatic N) is 1. The van der Waals surface area contributed by atoms with E-state index in [4.69, 9.17) is 0 Å². The molecule has 106 valence electrons. The first-order valence-electron chi connectivity index (χ1n) is 8.08. The first kappa shape index (κ1) is 14.3. The minimum absolute atomic E-state index is 0.764. The summed E-state index contributed by atoms with van der Waals surface area (Å²) in [5, 5.41) is 3.58. The van der Waals surface area contributed by atoms with Gasteiger partial charge in [-0.25, -0.2) is 0 Å². The maximum atomic E-state index is 3.58. The van der Waals surface area contributed by atoms with Gasteiger partial charge in [0.05, 0.1) is 0 Å². The van der Waals surface area contributed by atoms with Crippen LogP contribution in [0, 0.1) is 17.8 Å². The fourth-order valence-electron chi connectivity index (χ4n) is 4.26. The molecular weight excluding hydrogens is 220 g/mol. The van der Waals surface area contributed by atoms with Crippen molar-refractivity contribution >= 4 is 0 Å². The zero-order valence-electron chi connectivity index (χ0n) is 12.6. The lowest BCUT2D eigenvalue weighted by atomic mass is 9.89. The van der Waals surface area contributed by atoms with Crippen molar-refractivity contribution in [3.63, 3.8) is 0 Å². The summed E-state index contributed by atoms with van der Waals surface area (Å²) in [7, 11) is 2.16. The summed E-state index contributed by atoms with van der Waals surface area (Å²) >= 11 is 0. The highest BCUT2D eigenvalue weighted by molar-refractivity contribution is 4.83. The van der Waals surface area contributed by atoms with Crippen molar-refractivity contribution in [2.24, 2.45) is 17.8 Å². The van der Waals surface area contributed by atoms with Gasteiger partial charge in [0.25, 0.3) is 0 Å². The van der Waals surface area contributed by atoms with Crippen LogP contribution in [0.15, 0.2) is 0 Å². The number of rotatable bonds is 3. The molecule has 4 atom stereocenters. The highest BCUT2D eigenvalue weighted by Gasteiger charge is 2.28. The van der Waals surface area contributed by atoms with Crippen LogP contribution in [-0.2, 0) is 0 Å². The van der Waals surface area contributed by atoms with Crippen LogP contribution in [0.2, 0.25) is 0 Å². The highest BCUT2D eigenvalue weighted by atomic mass is 15.1. The van der Waals surface area contributed by atoms with Gasteiger partial charge in [0.15, 0.2) is 0 Å². The van der Waals surface area contributed by atoms with E-state index < -0.39 is 0 Å². The van der Waals surface area contributed by atoms with Gasteiger partial charge in [0.1, 0.15) is 0 Å². The number of nitrogens with one attached hydrogen (secondary N) is 1. The second-order valence-corrected chi connectivity index (χ2v) is 6.96. The zero-order chi connectivity index (χ0) is 13.0. The molecular formula is C16H32N2. The van der Waals surface area contributed by atoms with Crippen LogP contribution in [0.5, 0.6) is 0 Å². The molecule has 0 aromatic carbocycles. The fourth-order valence-corrected chi connectivity index (χ4v) is 4.26. The number of likely N-dealkylation sites (tertiary alicyclic amines) is 1. The number of hydrogen-bond donors (Lipinski definition) is 1. The molecule has 2 aliphatic rings. The summed E-state index contributed by atoms with van der Waals surface area (Å²) in [4.78, 5) is 2.75. The Morgan fingerprint density at radius 2 is 1.67 bits per heavy atom. The second kappa shape index (κ2) is 6.91. The smallest absolute Gasteiger partial charge is 0.0104 e. The Morgan fingerprint density at radius 3 is 2.33 bits per heavy atom. The van der Waals surface area contributed by atoms with Gasteiger partial charge >= 0.3 is 0 Å². The topological polar surface area (TPSA) is 15.3 Å². The van der Waals surface area contributed by atoms with E-state index in [1.807, 2.05) is 0 Å². The van der Waals surface area contributed by atoms with E-state index in [-0.39, 0.29) is 0 Å². The average Bonchev–Trinajstić information content (AvgIpc) is 2.52. The maximum absolute atomic E-state index is 3.58. The first-order chi connectivity index (χ1) is 8.69. The molecule has 1 saturated heterocycles. The van der Waals surface area contributed by atoms with Crippen molar-refractivity contribution in [1.29, 1.82) is 0 Å². The Balaban J connectivity index is 1.89. The number of hydrogen-bond acceptors (Lipinski definition) is 2. The van der Waals surface area contributed by atoms with E-state index in [2.05, 4.69) is 31.1 Å². The quantitative estimate of drug-likeness (QED) is 0.776. The molecule has 2 nitrogen and oxygen atoms in total. The third-order valence-corrected chi connectivity index (χ3v) is 4.97. The van der Waals surface area contributed by atoms with Gasteiger partial charge in [-0.15, -0.1) is 0 Å². The molecule has 0 spiro atoms. The van der Waals surface area contributed by atoms with Crippen molar-refractivity contribution in [2.75, 3.05) is 26.7 Å². The van der Waals surface area contributed by atoms with Gasteiger partial charge in [-0.1, -0.05) is 33.1 Å². The van der Waals surface area contributed by atoms with Crippen LogP contribution < -0.4 is 5.32 Å². The predicted octanol–water partition coefficient (Wildman–Crippen LogP) is 3.13. The lowest BCUT2D eigenvalue weighted by Gasteiger charge is -2.38. The molecule has 4 unspecified atom stereocenters. The van der Waals surface area contributed by atoms with Gasteiger partial charge in [0, 0.05) is 25.7 Å². The summed E-state index contributed by atoms with van der Waals surface area (Å²) in [6, 6.07) is 0.764. The molecule has 1 N–H and O–H groups in total. The molecule has 1 aliphatic heterocycles. The van der Waals surface area contributed by atoms with Gasteiger partial charge in [-0.2, -0.15) is 0 Å². The minimum Gasteiger partial charge on any atom is -0.317 e. The van der Waals surface area contributed by atoms with Crippen LogP contribution in [0.1, 0.15) is 52.4 Å². The van der Waals surface area contributed by atoms with Crippen molar-refractivity contribution in [3.05, 3.63) is 0 Å². The van der Waals surface area contributed by atoms with Crippen molar-refractivity contribution in [1.82, 2.24) is 10.2 Å². The van der Waals surface area contributed by atoms with Gasteiger partial charge < -0.3 is 10.2 Å². The summed E-state index contributed by atoms with van der Waals surface area (Å²) < 4.78 is 0. The molecule has 0 bridgehead atoms. The van der Waals surface area contributed by atoms with Crippen molar-refractivity contribution in [2.45, 2.75) is 58.4 Å². The van der Waals surface area contributed by atoms with Crippen molar-refractivity contribution in [3.8, 4) is 0 Å². The molecule has 1 aliphatic carbocycles. The molecule has 2 heteroatoms. The van der Waals surface area contributed by atoms with E-state index in [9.17, 15) is 0 Å². The normalized spacial score (nSPS) is 39.5. The van der Waals surface area contributed by atoms with Crippen LogP contribution in [0.3, 0.4) is 0 Å². The van der Waals surface area contributed by atoms with Crippen LogP contribution in [0.4, 0.5) is 0 Å². The van der Waals surface area contributed by atoms with E-state index in [1.165, 1.54) is 58.2 Å². The van der Waals surface area contributed by atoms with E-state index in [0.29, 0.717) is 0 Å². The maximum Gasteiger partial charge on any atom is 0.0104 e. The molecule has 0 radical (unpaired) electrons. The molecule has 1 saturated carbocycles. The van der Waals surface area contributed by atoms with Gasteiger partial charge in [0.2, 0.25) is 0 Å². The summed E-state index contributed by atoms with van der Waals surface area (Å²) in [6.07, 6.45) is 8.57. The third kappa shape index (κ3) is 3.96. The Bertz CT molecular complexity index is 231. The van der Waals surface area contributed by atoms with Crippen LogP contribution in [0.25, 0.3) is 0 Å². The van der Waals surface area contributed by atoms with Gasteiger partial charge in [-0.3, -0.25) is 0 Å². The lowest BCUT2D eigenvalue weighted by Crippen LogP contribution is -2.45. The van der Waals surface area contributed by atoms with Gasteiger partial charge in [-0.05, 0) is 44.1 Å². The molecule has 0 aromatic rings. The standard InChI is InChI=1S/C16H32N2/c1-13-9-14(2)11-18(10-13)12-15-7-5-4-6-8-16(15)17-3/h13-17H,4-12H2,1-3H3. The predicted molar refractivity (Wildman–Crippen MR) is 78.8 cm³/mol. The molecule has 18 heavy (non-hydrogen) atoms. The Morgan fingerprint density at radius 1 is 1.00 bits per heavy atom. The molecule has 1 heterocycles. The Labute approximate surface area is 114 Å². The summed E-state index contributed by atoms with van der Waals surface area (Å²) in [5.74, 6) is 2.68. The monoisotopic (exact) mass is 252 g/mol. The molecule has 2 fully saturated rings. The second-order valence-electron chi connectivity index (χ2n) is 6.96. The zero-order valence-corrected chi connectivity index (χ0v) is 12.6. The highest BCUT2D eigenvalue weighted by Crippen LogP contribution is 2.27. The molecule has 0 aromatic heterocycles.